The van der Waals surface area contributed by atoms with Gasteiger partial charge >= 0.3 is 34.9 Å². The van der Waals surface area contributed by atoms with Crippen LogP contribution in [0.2, 0.25) is 0 Å². The second kappa shape index (κ2) is 37.9. The first-order valence-corrected chi connectivity index (χ1v) is 49.3. The van der Waals surface area contributed by atoms with E-state index >= 15 is 0 Å². The Morgan fingerprint density at radius 3 is 0.943 bits per heavy atom. The molecule has 0 spiro atoms. The van der Waals surface area contributed by atoms with E-state index in [2.05, 4.69) is 400 Å². The predicted molar refractivity (Wildman–Crippen MR) is 565 cm³/mol. The molecule has 10 heterocycles. The first kappa shape index (κ1) is 94.8. The maximum atomic E-state index is 5.11. The molecule has 10 aromatic heterocycles. The molecule has 8 aromatic carbocycles. The number of rotatable bonds is 6. The lowest BCUT2D eigenvalue weighted by Gasteiger charge is -2.09. The third-order valence-corrected chi connectivity index (χ3v) is 29.8. The second-order valence-electron chi connectivity index (χ2n) is 40.7. The summed E-state index contributed by atoms with van der Waals surface area (Å²) in [6.45, 7) is 45.4. The summed E-state index contributed by atoms with van der Waals surface area (Å²) < 4.78 is 13.0. The molecule has 6 aliphatic carbocycles. The Morgan fingerprint density at radius 1 is 0.206 bits per heavy atom. The third kappa shape index (κ3) is 18.2. The number of aryl methyl sites for hydroxylation is 21. The fourth-order valence-corrected chi connectivity index (χ4v) is 21.8. The van der Waals surface area contributed by atoms with Gasteiger partial charge in [0.05, 0.1) is 124 Å². The van der Waals surface area contributed by atoms with Gasteiger partial charge in [0.15, 0.2) is 34.2 Å². The number of fused-ring (bicyclic) bond motifs is 18. The monoisotopic (exact) mass is 1850 g/mol. The van der Waals surface area contributed by atoms with Crippen molar-refractivity contribution in [2.24, 2.45) is 42.3 Å². The van der Waals surface area contributed by atoms with Crippen molar-refractivity contribution in [1.82, 2.24) is 49.8 Å². The van der Waals surface area contributed by atoms with Crippen molar-refractivity contribution in [2.75, 3.05) is 0 Å². The number of pyridine rings is 4. The molecule has 6 aliphatic rings. The van der Waals surface area contributed by atoms with Gasteiger partial charge in [-0.15, -0.1) is 0 Å². The van der Waals surface area contributed by atoms with E-state index in [1.165, 1.54) is 234 Å². The molecule has 702 valence electrons. The molecule has 16 heteroatoms. The largest absolute Gasteiger partial charge is 0.331 e. The molecular formula is C125H128N16+6. The van der Waals surface area contributed by atoms with E-state index in [0.29, 0.717) is 0 Å². The van der Waals surface area contributed by atoms with Gasteiger partial charge < -0.3 is 0 Å². The van der Waals surface area contributed by atoms with Gasteiger partial charge in [0.1, 0.15) is 0 Å². The summed E-state index contributed by atoms with van der Waals surface area (Å²) in [6.07, 6.45) is 28.4. The molecule has 0 N–H and O–H groups in total. The van der Waals surface area contributed by atoms with E-state index in [0.717, 1.165) is 125 Å². The van der Waals surface area contributed by atoms with Crippen LogP contribution in [0.15, 0.2) is 214 Å². The lowest BCUT2D eigenvalue weighted by atomic mass is 9.99. The van der Waals surface area contributed by atoms with E-state index in [4.69, 9.17) is 34.9 Å². The van der Waals surface area contributed by atoms with Crippen molar-refractivity contribution in [2.45, 2.75) is 184 Å². The maximum Gasteiger partial charge on any atom is 0.331 e. The Kier molecular flexibility index (Phi) is 25.5. The first-order valence-electron chi connectivity index (χ1n) is 49.3. The predicted octanol–water partition coefficient (Wildman–Crippen LogP) is 22.9. The summed E-state index contributed by atoms with van der Waals surface area (Å²) in [5.41, 5.74) is 63.8. The standard InChI is InChI=1S/2C22H23N2.C21H22N3.3C20H20N3/c1-13-6-7-19-17(9-13)11-18-12-24(5)22(23-21(18)19)20-10-14(2)8-15(3)16(20)4;1-13-9-15(3)16(4)20(10-13)22-23-21-17(12-24(22)5)11-19-14(2)7-6-8-18(19)21;1-12-8-13(2)15(4)18(9-12)21-23-20-16(11-24(21)5)10-19-17(20)7-6-14(3)22-19;1-12-7-13(2)14(3)18(8-12)20-22-19-16(11-23(20)4)9-15-10-21-6-5-17(15)19;1-12-7-13(2)14(3)17(8-12)20-22-19-16(11-23(20)4)9-15-5-6-21-10-18(15)19;1-12-8-13(2)14(3)17(9-12)20-22-19-15(11-23(20)4)10-18-16(19)6-5-7-21-18/h2*6-10,12H,11H2,1-5H3;6-9,11H,10H2,1-5H3;2*5-8,10-11H,9H2,1-4H3;5-9,11H,10H2,1-4H3/q6*+1. The summed E-state index contributed by atoms with van der Waals surface area (Å²) in [7, 11) is 12.5. The van der Waals surface area contributed by atoms with E-state index in [1.54, 1.807) is 0 Å². The maximum absolute atomic E-state index is 5.11. The average molecular weight is 1850 g/mol. The van der Waals surface area contributed by atoms with Gasteiger partial charge in [0, 0.05) is 142 Å². The molecular weight excluding hydrogens is 1730 g/mol. The van der Waals surface area contributed by atoms with Gasteiger partial charge in [-0.2, -0.15) is 0 Å². The molecule has 0 radical (unpaired) electrons. The van der Waals surface area contributed by atoms with Crippen molar-refractivity contribution in [3.8, 4) is 136 Å². The number of benzene rings is 8. The highest BCUT2D eigenvalue weighted by Gasteiger charge is 2.38. The van der Waals surface area contributed by atoms with Crippen molar-refractivity contribution < 1.29 is 27.4 Å². The number of nitrogens with zero attached hydrogens (tertiary/aromatic N) is 16. The van der Waals surface area contributed by atoms with Crippen LogP contribution in [-0.2, 0) is 80.8 Å². The van der Waals surface area contributed by atoms with Crippen LogP contribution in [0, 0.1) is 145 Å². The molecule has 0 fully saturated rings. The minimum Gasteiger partial charge on any atom is -0.264 e. The molecule has 0 saturated carbocycles. The minimum absolute atomic E-state index is 0.873. The molecule has 16 nitrogen and oxygen atoms in total. The highest BCUT2D eigenvalue weighted by atomic mass is 15.1. The molecule has 0 unspecified atom stereocenters. The van der Waals surface area contributed by atoms with E-state index in [-0.39, 0.29) is 0 Å². The van der Waals surface area contributed by atoms with Crippen molar-refractivity contribution in [1.29, 1.82) is 0 Å². The van der Waals surface area contributed by atoms with Gasteiger partial charge in [-0.05, 0) is 382 Å². The van der Waals surface area contributed by atoms with Crippen LogP contribution in [-0.4, -0.2) is 49.8 Å². The van der Waals surface area contributed by atoms with Crippen molar-refractivity contribution in [3.05, 3.63) is 398 Å². The molecule has 141 heavy (non-hydrogen) atoms. The summed E-state index contributed by atoms with van der Waals surface area (Å²) in [4.78, 5) is 48.1. The van der Waals surface area contributed by atoms with Crippen LogP contribution in [0.5, 0.6) is 0 Å². The van der Waals surface area contributed by atoms with Gasteiger partial charge in [0.2, 0.25) is 0 Å². The van der Waals surface area contributed by atoms with E-state index < -0.39 is 0 Å². The van der Waals surface area contributed by atoms with Crippen LogP contribution in [0.25, 0.3) is 136 Å². The molecule has 0 aliphatic heterocycles. The van der Waals surface area contributed by atoms with Gasteiger partial charge in [-0.25, -0.2) is 27.4 Å². The zero-order valence-electron chi connectivity index (χ0n) is 87.1. The molecule has 0 bridgehead atoms. The highest BCUT2D eigenvalue weighted by molar-refractivity contribution is 5.81. The summed E-state index contributed by atoms with van der Waals surface area (Å²) >= 11 is 0. The number of hydrogen-bond donors (Lipinski definition) is 0. The molecule has 18 aromatic rings. The lowest BCUT2D eigenvalue weighted by Crippen LogP contribution is -2.33. The zero-order valence-corrected chi connectivity index (χ0v) is 87.1. The first-order chi connectivity index (χ1) is 67.4. The third-order valence-electron chi connectivity index (χ3n) is 29.8. The fourth-order valence-electron chi connectivity index (χ4n) is 21.8. The van der Waals surface area contributed by atoms with Crippen LogP contribution in [0.1, 0.15) is 184 Å². The van der Waals surface area contributed by atoms with Crippen LogP contribution >= 0.6 is 0 Å². The topological polar surface area (TPSA) is 152 Å². The quantitative estimate of drug-likeness (QED) is 0.147. The van der Waals surface area contributed by atoms with E-state index in [9.17, 15) is 0 Å². The van der Waals surface area contributed by atoms with E-state index in [1.807, 2.05) is 44.0 Å². The molecule has 24 rings (SSSR count). The van der Waals surface area contributed by atoms with Crippen molar-refractivity contribution >= 4 is 0 Å². The van der Waals surface area contributed by atoms with Gasteiger partial charge in [0.25, 0.3) is 0 Å². The Morgan fingerprint density at radius 2 is 0.525 bits per heavy atom. The average Bonchev–Trinajstić information content (AvgIpc) is 1.65. The zero-order chi connectivity index (χ0) is 99.4. The second-order valence-corrected chi connectivity index (χ2v) is 40.7. The lowest BCUT2D eigenvalue weighted by molar-refractivity contribution is -0.663. The smallest absolute Gasteiger partial charge is 0.264 e. The molecule has 0 atom stereocenters. The van der Waals surface area contributed by atoms with Crippen molar-refractivity contribution in [3.63, 3.8) is 0 Å². The fraction of sp³-hybridized carbons (Fsp3) is 0.264. The summed E-state index contributed by atoms with van der Waals surface area (Å²) in [5.74, 6) is 6.18. The molecule has 0 saturated heterocycles. The highest BCUT2D eigenvalue weighted by Crippen LogP contribution is 2.44. The van der Waals surface area contributed by atoms with Gasteiger partial charge in [-0.1, -0.05) is 72.3 Å². The Labute approximate surface area is 831 Å². The number of aromatic nitrogens is 16. The molecule has 0 amide bonds. The van der Waals surface area contributed by atoms with Crippen LogP contribution in [0.3, 0.4) is 0 Å². The Hall–Kier alpha value is -15.2. The van der Waals surface area contributed by atoms with Crippen LogP contribution in [0.4, 0.5) is 0 Å². The Bertz CT molecular complexity index is 7720. The SMILES string of the molecule is Cc1cc(C)c(C)c(-c2nc3c(c[n+]2C)Cc2c(C)cccc2-3)c1.Cc1cc(C)c(C)c(-c2nc3c(c[n+]2C)Cc2ccncc2-3)c1.Cc1cc(C)c(C)c(-c2nc3c(c[n+]2C)Cc2cnccc2-3)c1.Cc1cc(C)c(C)c(-c2nc3c(c[n+]2C)Cc2nc(C)ccc2-3)c1.Cc1cc(C)c(C)c(-c2nc3c(c[n+]2C)Cc2ncccc2-3)c1.Cc1ccc2c(c1)Cc1c[n+](C)c(-c3cc(C)cc(C)c3C)nc1-2. The van der Waals surface area contributed by atoms with Gasteiger partial charge in [-0.3, -0.25) is 19.9 Å². The van der Waals surface area contributed by atoms with Crippen LogP contribution < -0.4 is 27.4 Å². The number of hydrogen-bond acceptors (Lipinski definition) is 10. The summed E-state index contributed by atoms with van der Waals surface area (Å²) in [6, 6.07) is 52.6. The normalized spacial score (nSPS) is 12.2. The summed E-state index contributed by atoms with van der Waals surface area (Å²) in [5, 5.41) is 0. The minimum atomic E-state index is 0.873. The Balaban J connectivity index is 0.000000108.